The van der Waals surface area contributed by atoms with Crippen molar-refractivity contribution >= 4 is 23.4 Å². The third-order valence-corrected chi connectivity index (χ3v) is 4.94. The Morgan fingerprint density at radius 1 is 1.23 bits per heavy atom. The van der Waals surface area contributed by atoms with Crippen LogP contribution in [0, 0.1) is 12.7 Å². The van der Waals surface area contributed by atoms with Gasteiger partial charge in [0.2, 0.25) is 5.91 Å². The predicted molar refractivity (Wildman–Crippen MR) is 104 cm³/mol. The van der Waals surface area contributed by atoms with E-state index in [4.69, 9.17) is 0 Å². The number of anilines is 1. The Balaban J connectivity index is 1.61. The fourth-order valence-electron chi connectivity index (χ4n) is 2.66. The number of H-pyrrole nitrogens is 1. The van der Waals surface area contributed by atoms with Crippen LogP contribution >= 0.6 is 11.8 Å². The lowest BCUT2D eigenvalue weighted by Gasteiger charge is -2.12. The average molecular weight is 369 g/mol. The summed E-state index contributed by atoms with van der Waals surface area (Å²) >= 11 is 1.33. The van der Waals surface area contributed by atoms with Gasteiger partial charge >= 0.3 is 0 Å². The van der Waals surface area contributed by atoms with E-state index in [1.165, 1.54) is 23.9 Å². The van der Waals surface area contributed by atoms with Crippen LogP contribution in [0.3, 0.4) is 0 Å². The van der Waals surface area contributed by atoms with Crippen LogP contribution in [-0.4, -0.2) is 21.6 Å². The Hall–Kier alpha value is -2.60. The molecule has 4 nitrogen and oxygen atoms in total. The van der Waals surface area contributed by atoms with Gasteiger partial charge in [0, 0.05) is 5.69 Å². The highest BCUT2D eigenvalue weighted by Crippen LogP contribution is 2.24. The number of imidazole rings is 1. The van der Waals surface area contributed by atoms with E-state index < -0.39 is 0 Å². The van der Waals surface area contributed by atoms with E-state index in [1.807, 2.05) is 25.1 Å². The summed E-state index contributed by atoms with van der Waals surface area (Å²) in [5.74, 6) is -0.0886. The van der Waals surface area contributed by atoms with Gasteiger partial charge in [0.05, 0.1) is 17.6 Å². The SMILES string of the molecule is CCc1cccc(C)c1NC(=O)CSc1ncc(-c2ccc(F)cc2)[nH]1. The summed E-state index contributed by atoms with van der Waals surface area (Å²) in [5, 5.41) is 3.65. The first-order valence-electron chi connectivity index (χ1n) is 8.39. The summed E-state index contributed by atoms with van der Waals surface area (Å²) in [4.78, 5) is 19.7. The molecule has 3 rings (SSSR count). The quantitative estimate of drug-likeness (QED) is 0.613. The molecule has 0 saturated heterocycles. The molecule has 0 aliphatic rings. The maximum Gasteiger partial charge on any atom is 0.234 e. The average Bonchev–Trinajstić information content (AvgIpc) is 3.11. The highest BCUT2D eigenvalue weighted by molar-refractivity contribution is 7.99. The number of para-hydroxylation sites is 1. The lowest BCUT2D eigenvalue weighted by molar-refractivity contribution is -0.113. The molecule has 0 fully saturated rings. The Morgan fingerprint density at radius 2 is 2.00 bits per heavy atom. The van der Waals surface area contributed by atoms with Crippen molar-refractivity contribution in [1.82, 2.24) is 9.97 Å². The molecule has 0 unspecified atom stereocenters. The van der Waals surface area contributed by atoms with Gasteiger partial charge in [0.1, 0.15) is 5.82 Å². The van der Waals surface area contributed by atoms with Crippen molar-refractivity contribution in [3.8, 4) is 11.3 Å². The van der Waals surface area contributed by atoms with Gasteiger partial charge in [-0.05, 0) is 54.3 Å². The van der Waals surface area contributed by atoms with Gasteiger partial charge in [-0.15, -0.1) is 0 Å². The first kappa shape index (κ1) is 18.2. The predicted octanol–water partition coefficient (Wildman–Crippen LogP) is 4.82. The number of aryl methyl sites for hydroxylation is 2. The van der Waals surface area contributed by atoms with Crippen molar-refractivity contribution in [2.75, 3.05) is 11.1 Å². The Labute approximate surface area is 156 Å². The fourth-order valence-corrected chi connectivity index (χ4v) is 3.31. The zero-order valence-electron chi connectivity index (χ0n) is 14.7. The number of thioether (sulfide) groups is 1. The van der Waals surface area contributed by atoms with Gasteiger partial charge in [-0.3, -0.25) is 4.79 Å². The number of aromatic amines is 1. The van der Waals surface area contributed by atoms with Gasteiger partial charge < -0.3 is 10.3 Å². The molecule has 6 heteroatoms. The van der Waals surface area contributed by atoms with Crippen LogP contribution in [0.1, 0.15) is 18.1 Å². The number of amides is 1. The number of benzene rings is 2. The van der Waals surface area contributed by atoms with E-state index in [0.29, 0.717) is 5.16 Å². The minimum atomic E-state index is -0.276. The summed E-state index contributed by atoms with van der Waals surface area (Å²) < 4.78 is 13.0. The third-order valence-electron chi connectivity index (χ3n) is 4.05. The molecule has 0 radical (unpaired) electrons. The number of aromatic nitrogens is 2. The van der Waals surface area contributed by atoms with Crippen molar-refractivity contribution in [2.24, 2.45) is 0 Å². The first-order valence-corrected chi connectivity index (χ1v) is 9.37. The molecule has 26 heavy (non-hydrogen) atoms. The smallest absolute Gasteiger partial charge is 0.234 e. The van der Waals surface area contributed by atoms with Crippen LogP contribution in [0.25, 0.3) is 11.3 Å². The summed E-state index contributed by atoms with van der Waals surface area (Å²) in [6, 6.07) is 12.2. The largest absolute Gasteiger partial charge is 0.333 e. The molecule has 2 aromatic carbocycles. The van der Waals surface area contributed by atoms with E-state index >= 15 is 0 Å². The molecular weight excluding hydrogens is 349 g/mol. The zero-order valence-corrected chi connectivity index (χ0v) is 15.5. The van der Waals surface area contributed by atoms with E-state index in [2.05, 4.69) is 22.2 Å². The molecule has 3 aromatic rings. The normalized spacial score (nSPS) is 10.7. The molecule has 0 atom stereocenters. The number of hydrogen-bond acceptors (Lipinski definition) is 3. The van der Waals surface area contributed by atoms with Crippen LogP contribution in [0.5, 0.6) is 0 Å². The van der Waals surface area contributed by atoms with Gasteiger partial charge in [0.15, 0.2) is 5.16 Å². The standard InChI is InChI=1S/C20H20FN3OS/c1-3-14-6-4-5-13(2)19(14)24-18(25)12-26-20-22-11-17(23-20)15-7-9-16(21)10-8-15/h4-11H,3,12H2,1-2H3,(H,22,23)(H,24,25). The number of hydrogen-bond donors (Lipinski definition) is 2. The number of nitrogens with zero attached hydrogens (tertiary/aromatic N) is 1. The molecule has 134 valence electrons. The maximum atomic E-state index is 13.0. The number of rotatable bonds is 6. The highest BCUT2D eigenvalue weighted by Gasteiger charge is 2.11. The van der Waals surface area contributed by atoms with Crippen molar-refractivity contribution in [3.63, 3.8) is 0 Å². The van der Waals surface area contributed by atoms with E-state index in [-0.39, 0.29) is 17.5 Å². The summed E-state index contributed by atoms with van der Waals surface area (Å²) in [5.41, 5.74) is 4.72. The van der Waals surface area contributed by atoms with Crippen molar-refractivity contribution < 1.29 is 9.18 Å². The summed E-state index contributed by atoms with van der Waals surface area (Å²) in [7, 11) is 0. The Morgan fingerprint density at radius 3 is 2.73 bits per heavy atom. The fraction of sp³-hybridized carbons (Fsp3) is 0.200. The summed E-state index contributed by atoms with van der Waals surface area (Å²) in [6.45, 7) is 4.06. The molecule has 0 aliphatic carbocycles. The number of carbonyl (C=O) groups excluding carboxylic acids is 1. The molecular formula is C20H20FN3OS. The lowest BCUT2D eigenvalue weighted by Crippen LogP contribution is -2.16. The van der Waals surface area contributed by atoms with Crippen molar-refractivity contribution in [2.45, 2.75) is 25.4 Å². The number of nitrogens with one attached hydrogen (secondary N) is 2. The molecule has 0 aliphatic heterocycles. The molecule has 1 heterocycles. The highest BCUT2D eigenvalue weighted by atomic mass is 32.2. The molecule has 1 aromatic heterocycles. The second kappa shape index (κ2) is 8.19. The van der Waals surface area contributed by atoms with Crippen LogP contribution in [0.2, 0.25) is 0 Å². The van der Waals surface area contributed by atoms with E-state index in [9.17, 15) is 9.18 Å². The van der Waals surface area contributed by atoms with Crippen LogP contribution in [0.4, 0.5) is 10.1 Å². The van der Waals surface area contributed by atoms with Gasteiger partial charge in [0.25, 0.3) is 0 Å². The topological polar surface area (TPSA) is 57.8 Å². The summed E-state index contributed by atoms with van der Waals surface area (Å²) in [6.07, 6.45) is 2.55. The van der Waals surface area contributed by atoms with Gasteiger partial charge in [-0.2, -0.15) is 0 Å². The molecule has 0 bridgehead atoms. The Bertz CT molecular complexity index is 906. The maximum absolute atomic E-state index is 13.0. The van der Waals surface area contributed by atoms with Crippen LogP contribution in [-0.2, 0) is 11.2 Å². The van der Waals surface area contributed by atoms with E-state index in [1.54, 1.807) is 18.3 Å². The van der Waals surface area contributed by atoms with Crippen molar-refractivity contribution in [3.05, 3.63) is 65.6 Å². The Kier molecular flexibility index (Phi) is 5.73. The van der Waals surface area contributed by atoms with Crippen molar-refractivity contribution in [1.29, 1.82) is 0 Å². The number of carbonyl (C=O) groups is 1. The van der Waals surface area contributed by atoms with Crippen LogP contribution in [0.15, 0.2) is 53.8 Å². The van der Waals surface area contributed by atoms with Gasteiger partial charge in [-0.25, -0.2) is 9.37 Å². The molecule has 1 amide bonds. The van der Waals surface area contributed by atoms with Crippen LogP contribution < -0.4 is 5.32 Å². The monoisotopic (exact) mass is 369 g/mol. The third kappa shape index (κ3) is 4.32. The molecule has 0 saturated carbocycles. The first-order chi connectivity index (χ1) is 12.6. The minimum Gasteiger partial charge on any atom is -0.333 e. The van der Waals surface area contributed by atoms with E-state index in [0.717, 1.165) is 34.5 Å². The number of halogens is 1. The lowest BCUT2D eigenvalue weighted by atomic mass is 10.1. The van der Waals surface area contributed by atoms with Gasteiger partial charge in [-0.1, -0.05) is 36.9 Å². The second-order valence-electron chi connectivity index (χ2n) is 5.91. The zero-order chi connectivity index (χ0) is 18.5. The minimum absolute atomic E-state index is 0.0706. The second-order valence-corrected chi connectivity index (χ2v) is 6.87. The molecule has 0 spiro atoms. The molecule has 2 N–H and O–H groups in total.